The van der Waals surface area contributed by atoms with E-state index in [0.29, 0.717) is 6.54 Å². The van der Waals surface area contributed by atoms with E-state index in [-0.39, 0.29) is 5.28 Å². The maximum absolute atomic E-state index is 5.89. The highest BCUT2D eigenvalue weighted by atomic mass is 35.5. The molecule has 0 aliphatic carbocycles. The Labute approximate surface area is 118 Å². The molecule has 1 N–H and O–H groups in total. The van der Waals surface area contributed by atoms with E-state index in [4.69, 9.17) is 11.6 Å². The van der Waals surface area contributed by atoms with Crippen LogP contribution in [0.25, 0.3) is 10.2 Å². The summed E-state index contributed by atoms with van der Waals surface area (Å²) in [7, 11) is 1.85. The fraction of sp³-hybridized carbons (Fsp3) is 0.273. The van der Waals surface area contributed by atoms with Gasteiger partial charge >= 0.3 is 0 Å². The number of anilines is 1. The predicted molar refractivity (Wildman–Crippen MR) is 75.6 cm³/mol. The van der Waals surface area contributed by atoms with Gasteiger partial charge in [0.05, 0.1) is 10.2 Å². The molecule has 6 nitrogen and oxygen atoms in total. The molecule has 0 aliphatic rings. The fourth-order valence-corrected chi connectivity index (χ4v) is 2.72. The van der Waals surface area contributed by atoms with Gasteiger partial charge in [-0.05, 0) is 23.0 Å². The molecule has 0 bridgehead atoms. The van der Waals surface area contributed by atoms with Crippen molar-refractivity contribution in [3.05, 3.63) is 28.9 Å². The maximum atomic E-state index is 5.89. The van der Waals surface area contributed by atoms with Gasteiger partial charge in [0.25, 0.3) is 0 Å². The zero-order valence-electron chi connectivity index (χ0n) is 10.2. The molecular weight excluding hydrogens is 284 g/mol. The van der Waals surface area contributed by atoms with Crippen molar-refractivity contribution in [2.45, 2.75) is 6.42 Å². The highest BCUT2D eigenvalue weighted by molar-refractivity contribution is 7.17. The van der Waals surface area contributed by atoms with Crippen LogP contribution in [0, 0.1) is 0 Å². The highest BCUT2D eigenvalue weighted by Gasteiger charge is 2.08. The van der Waals surface area contributed by atoms with Crippen molar-refractivity contribution in [1.29, 1.82) is 0 Å². The van der Waals surface area contributed by atoms with E-state index in [2.05, 4.69) is 25.4 Å². The lowest BCUT2D eigenvalue weighted by molar-refractivity contribution is 0.742. The minimum absolute atomic E-state index is 0.254. The lowest BCUT2D eigenvalue weighted by Gasteiger charge is -2.05. The number of hydrogen-bond donors (Lipinski definition) is 1. The summed E-state index contributed by atoms with van der Waals surface area (Å²) in [6.07, 6.45) is 2.42. The number of fused-ring (bicyclic) bond motifs is 1. The van der Waals surface area contributed by atoms with Crippen molar-refractivity contribution < 1.29 is 0 Å². The van der Waals surface area contributed by atoms with Gasteiger partial charge < -0.3 is 5.32 Å². The lowest BCUT2D eigenvalue weighted by atomic mass is 10.4. The summed E-state index contributed by atoms with van der Waals surface area (Å²) < 4.78 is 2.70. The standard InChI is InChI=1S/C11H11ClN6S/c1-18-6-14-8(17-18)2-4-13-10-9-7(3-5-19-9)15-11(12)16-10/h3,5-6H,2,4H2,1H3,(H,13,15,16). The van der Waals surface area contributed by atoms with E-state index in [1.54, 1.807) is 22.3 Å². The second kappa shape index (κ2) is 5.10. The predicted octanol–water partition coefficient (Wildman–Crippen LogP) is 2.13. The minimum atomic E-state index is 0.254. The third-order valence-electron chi connectivity index (χ3n) is 2.56. The van der Waals surface area contributed by atoms with Gasteiger partial charge in [0.1, 0.15) is 12.1 Å². The van der Waals surface area contributed by atoms with Crippen LogP contribution in [0.3, 0.4) is 0 Å². The Morgan fingerprint density at radius 2 is 2.32 bits per heavy atom. The summed E-state index contributed by atoms with van der Waals surface area (Å²) in [6, 6.07) is 1.93. The first-order valence-corrected chi connectivity index (χ1v) is 6.97. The molecule has 0 saturated heterocycles. The van der Waals surface area contributed by atoms with E-state index in [9.17, 15) is 0 Å². The first-order valence-electron chi connectivity index (χ1n) is 5.71. The number of halogens is 1. The molecule has 0 saturated carbocycles. The van der Waals surface area contributed by atoms with E-state index in [1.807, 2.05) is 18.5 Å². The number of hydrogen-bond acceptors (Lipinski definition) is 6. The van der Waals surface area contributed by atoms with E-state index in [0.717, 1.165) is 28.3 Å². The molecule has 8 heteroatoms. The van der Waals surface area contributed by atoms with Gasteiger partial charge in [0.15, 0.2) is 5.82 Å². The van der Waals surface area contributed by atoms with Crippen LogP contribution in [0.15, 0.2) is 17.8 Å². The van der Waals surface area contributed by atoms with Crippen LogP contribution in [-0.4, -0.2) is 31.3 Å². The second-order valence-electron chi connectivity index (χ2n) is 3.99. The van der Waals surface area contributed by atoms with Gasteiger partial charge in [-0.25, -0.2) is 9.97 Å². The van der Waals surface area contributed by atoms with Crippen molar-refractivity contribution in [3.63, 3.8) is 0 Å². The van der Waals surface area contributed by atoms with Gasteiger partial charge in [-0.1, -0.05) is 0 Å². The minimum Gasteiger partial charge on any atom is -0.368 e. The topological polar surface area (TPSA) is 68.5 Å². The van der Waals surface area contributed by atoms with Crippen molar-refractivity contribution in [2.24, 2.45) is 7.05 Å². The molecule has 0 radical (unpaired) electrons. The van der Waals surface area contributed by atoms with Gasteiger partial charge in [-0.3, -0.25) is 4.68 Å². The average Bonchev–Trinajstić information content (AvgIpc) is 2.98. The summed E-state index contributed by atoms with van der Waals surface area (Å²) in [6.45, 7) is 0.699. The van der Waals surface area contributed by atoms with Gasteiger partial charge in [0.2, 0.25) is 5.28 Å². The first kappa shape index (κ1) is 12.3. The van der Waals surface area contributed by atoms with E-state index in [1.165, 1.54) is 0 Å². The molecular formula is C11H11ClN6S. The van der Waals surface area contributed by atoms with Crippen LogP contribution in [0.1, 0.15) is 5.82 Å². The second-order valence-corrected chi connectivity index (χ2v) is 5.24. The molecule has 3 rings (SSSR count). The Morgan fingerprint density at radius 1 is 1.42 bits per heavy atom. The zero-order valence-corrected chi connectivity index (χ0v) is 11.7. The van der Waals surface area contributed by atoms with Gasteiger partial charge in [0, 0.05) is 20.0 Å². The molecule has 0 atom stereocenters. The molecule has 3 aromatic rings. The molecule has 0 aliphatic heterocycles. The van der Waals surface area contributed by atoms with Crippen LogP contribution in [0.4, 0.5) is 5.82 Å². The van der Waals surface area contributed by atoms with Crippen LogP contribution >= 0.6 is 22.9 Å². The molecule has 0 spiro atoms. The van der Waals surface area contributed by atoms with E-state index < -0.39 is 0 Å². The Morgan fingerprint density at radius 3 is 3.11 bits per heavy atom. The molecule has 98 valence electrons. The quantitative estimate of drug-likeness (QED) is 0.747. The number of aromatic nitrogens is 5. The molecule has 19 heavy (non-hydrogen) atoms. The number of nitrogens with zero attached hydrogens (tertiary/aromatic N) is 5. The largest absolute Gasteiger partial charge is 0.368 e. The van der Waals surface area contributed by atoms with Crippen LogP contribution in [0.2, 0.25) is 5.28 Å². The van der Waals surface area contributed by atoms with Crippen molar-refractivity contribution >= 4 is 39.0 Å². The Kier molecular flexibility index (Phi) is 3.31. The van der Waals surface area contributed by atoms with Gasteiger partial charge in [-0.2, -0.15) is 10.1 Å². The Hall–Kier alpha value is -1.73. The summed E-state index contributed by atoms with van der Waals surface area (Å²) in [5.41, 5.74) is 0.864. The number of rotatable bonds is 4. The normalized spacial score (nSPS) is 11.1. The van der Waals surface area contributed by atoms with Crippen molar-refractivity contribution in [3.8, 4) is 0 Å². The van der Waals surface area contributed by atoms with Crippen molar-refractivity contribution in [2.75, 3.05) is 11.9 Å². The SMILES string of the molecule is Cn1cnc(CCNc2nc(Cl)nc3ccsc23)n1. The molecule has 0 amide bonds. The van der Waals surface area contributed by atoms with Crippen LogP contribution < -0.4 is 5.32 Å². The number of thiophene rings is 1. The highest BCUT2D eigenvalue weighted by Crippen LogP contribution is 2.26. The number of aryl methyl sites for hydroxylation is 1. The molecule has 0 aromatic carbocycles. The maximum Gasteiger partial charge on any atom is 0.224 e. The molecule has 0 unspecified atom stereocenters. The van der Waals surface area contributed by atoms with Crippen LogP contribution in [0.5, 0.6) is 0 Å². The third-order valence-corrected chi connectivity index (χ3v) is 3.64. The lowest BCUT2D eigenvalue weighted by Crippen LogP contribution is -2.08. The zero-order chi connectivity index (χ0) is 13.2. The smallest absolute Gasteiger partial charge is 0.224 e. The summed E-state index contributed by atoms with van der Waals surface area (Å²) >= 11 is 7.49. The molecule has 3 heterocycles. The summed E-state index contributed by atoms with van der Waals surface area (Å²) in [4.78, 5) is 12.6. The molecule has 3 aromatic heterocycles. The Bertz CT molecular complexity index is 706. The monoisotopic (exact) mass is 294 g/mol. The fourth-order valence-electron chi connectivity index (χ4n) is 1.75. The Balaban J connectivity index is 1.73. The summed E-state index contributed by atoms with van der Waals surface area (Å²) in [5.74, 6) is 1.57. The van der Waals surface area contributed by atoms with E-state index >= 15 is 0 Å². The number of nitrogens with one attached hydrogen (secondary N) is 1. The van der Waals surface area contributed by atoms with Crippen LogP contribution in [-0.2, 0) is 13.5 Å². The summed E-state index contributed by atoms with van der Waals surface area (Å²) in [5, 5.41) is 9.71. The average molecular weight is 295 g/mol. The molecule has 0 fully saturated rings. The first-order chi connectivity index (χ1) is 9.22. The van der Waals surface area contributed by atoms with Gasteiger partial charge in [-0.15, -0.1) is 11.3 Å². The third kappa shape index (κ3) is 2.66. The van der Waals surface area contributed by atoms with Crippen molar-refractivity contribution in [1.82, 2.24) is 24.7 Å².